The summed E-state index contributed by atoms with van der Waals surface area (Å²) in [6, 6.07) is 0.255. The normalized spacial score (nSPS) is 21.1. The summed E-state index contributed by atoms with van der Waals surface area (Å²) in [5.74, 6) is -0.863. The van der Waals surface area contributed by atoms with E-state index in [2.05, 4.69) is 27.3 Å². The molecule has 1 N–H and O–H groups in total. The highest BCUT2D eigenvalue weighted by Crippen LogP contribution is 2.24. The van der Waals surface area contributed by atoms with Crippen molar-refractivity contribution in [2.24, 2.45) is 0 Å². The van der Waals surface area contributed by atoms with Crippen molar-refractivity contribution in [1.82, 2.24) is 25.1 Å². The van der Waals surface area contributed by atoms with Gasteiger partial charge in [-0.15, -0.1) is 5.10 Å². The van der Waals surface area contributed by atoms with E-state index in [9.17, 15) is 4.79 Å². The van der Waals surface area contributed by atoms with Crippen LogP contribution < -0.4 is 0 Å². The van der Waals surface area contributed by atoms with Gasteiger partial charge in [0.1, 0.15) is 0 Å². The molecule has 0 aliphatic carbocycles. The van der Waals surface area contributed by atoms with Crippen molar-refractivity contribution in [2.75, 3.05) is 25.4 Å². The Bertz CT molecular complexity index is 411. The number of likely N-dealkylation sites (N-methyl/N-ethyl adjacent to an activating group) is 1. The van der Waals surface area contributed by atoms with Gasteiger partial charge in [0.15, 0.2) is 0 Å². The largest absolute Gasteiger partial charge is 0.481 e. The average Bonchev–Trinajstić information content (AvgIpc) is 2.84. The predicted octanol–water partition coefficient (Wildman–Crippen LogP) is 0.507. The lowest BCUT2D eigenvalue weighted by molar-refractivity contribution is -0.133. The molecule has 100 valence electrons. The summed E-state index contributed by atoms with van der Waals surface area (Å²) in [7, 11) is 0. The van der Waals surface area contributed by atoms with Crippen LogP contribution in [0.25, 0.3) is 0 Å². The monoisotopic (exact) mass is 271 g/mol. The standard InChI is InChI=1S/C10H17N5O2S/c1-2-14-5-3-4-8(6-14)15-10(11-12-13-15)18-7-9(16)17/h8H,2-7H2,1H3,(H,16,17). The van der Waals surface area contributed by atoms with Crippen molar-refractivity contribution in [1.29, 1.82) is 0 Å². The van der Waals surface area contributed by atoms with E-state index in [-0.39, 0.29) is 11.8 Å². The zero-order chi connectivity index (χ0) is 13.0. The first-order valence-corrected chi connectivity index (χ1v) is 7.04. The van der Waals surface area contributed by atoms with Crippen molar-refractivity contribution < 1.29 is 9.90 Å². The topological polar surface area (TPSA) is 84.1 Å². The molecular formula is C10H17N5O2S. The first-order chi connectivity index (χ1) is 8.70. The number of hydrogen-bond donors (Lipinski definition) is 1. The lowest BCUT2D eigenvalue weighted by atomic mass is 10.1. The molecule has 0 radical (unpaired) electrons. The zero-order valence-electron chi connectivity index (χ0n) is 10.3. The number of piperidine rings is 1. The third-order valence-corrected chi connectivity index (χ3v) is 3.98. The summed E-state index contributed by atoms with van der Waals surface area (Å²) in [4.78, 5) is 12.9. The van der Waals surface area contributed by atoms with Crippen molar-refractivity contribution in [3.63, 3.8) is 0 Å². The maximum Gasteiger partial charge on any atom is 0.313 e. The van der Waals surface area contributed by atoms with Crippen LogP contribution >= 0.6 is 11.8 Å². The number of hydrogen-bond acceptors (Lipinski definition) is 6. The molecular weight excluding hydrogens is 254 g/mol. The number of nitrogens with zero attached hydrogens (tertiary/aromatic N) is 5. The van der Waals surface area contributed by atoms with Crippen LogP contribution in [-0.2, 0) is 4.79 Å². The molecule has 0 aromatic carbocycles. The highest BCUT2D eigenvalue weighted by atomic mass is 32.2. The van der Waals surface area contributed by atoms with Crippen LogP contribution in [0, 0.1) is 0 Å². The van der Waals surface area contributed by atoms with E-state index in [0.29, 0.717) is 5.16 Å². The second-order valence-electron chi connectivity index (χ2n) is 4.28. The van der Waals surface area contributed by atoms with Gasteiger partial charge in [-0.25, -0.2) is 4.68 Å². The van der Waals surface area contributed by atoms with Crippen molar-refractivity contribution in [2.45, 2.75) is 31.0 Å². The van der Waals surface area contributed by atoms with E-state index in [1.54, 1.807) is 4.68 Å². The third kappa shape index (κ3) is 3.20. The minimum absolute atomic E-state index is 0.00934. The van der Waals surface area contributed by atoms with Gasteiger partial charge < -0.3 is 10.0 Å². The predicted molar refractivity (Wildman–Crippen MR) is 66.6 cm³/mol. The van der Waals surface area contributed by atoms with E-state index in [1.165, 1.54) is 11.8 Å². The molecule has 0 spiro atoms. The molecule has 7 nitrogen and oxygen atoms in total. The lowest BCUT2D eigenvalue weighted by Crippen LogP contribution is -2.37. The molecule has 2 heterocycles. The molecule has 1 atom stereocenters. The van der Waals surface area contributed by atoms with E-state index in [0.717, 1.165) is 32.5 Å². The number of tetrazole rings is 1. The highest BCUT2D eigenvalue weighted by molar-refractivity contribution is 7.99. The average molecular weight is 271 g/mol. The number of carboxylic acids is 1. The Labute approximate surface area is 110 Å². The highest BCUT2D eigenvalue weighted by Gasteiger charge is 2.24. The molecule has 1 saturated heterocycles. The quantitative estimate of drug-likeness (QED) is 0.781. The van der Waals surface area contributed by atoms with Gasteiger partial charge in [-0.1, -0.05) is 18.7 Å². The summed E-state index contributed by atoms with van der Waals surface area (Å²) in [5, 5.41) is 20.8. The number of thioether (sulfide) groups is 1. The molecule has 8 heteroatoms. The summed E-state index contributed by atoms with van der Waals surface area (Å²) in [5.41, 5.74) is 0. The zero-order valence-corrected chi connectivity index (χ0v) is 11.1. The molecule has 1 aliphatic heterocycles. The number of aromatic nitrogens is 4. The number of aliphatic carboxylic acids is 1. The minimum atomic E-state index is -0.853. The minimum Gasteiger partial charge on any atom is -0.481 e. The number of carboxylic acid groups (broad SMARTS) is 1. The van der Waals surface area contributed by atoms with Crippen molar-refractivity contribution in [3.8, 4) is 0 Å². The Morgan fingerprint density at radius 3 is 3.17 bits per heavy atom. The summed E-state index contributed by atoms with van der Waals surface area (Å²) in [6.07, 6.45) is 2.17. The van der Waals surface area contributed by atoms with Gasteiger partial charge in [-0.05, 0) is 36.4 Å². The molecule has 0 bridgehead atoms. The second-order valence-corrected chi connectivity index (χ2v) is 5.22. The van der Waals surface area contributed by atoms with Crippen LogP contribution in [0.3, 0.4) is 0 Å². The second kappa shape index (κ2) is 6.14. The molecule has 0 saturated carbocycles. The molecule has 1 aliphatic rings. The van der Waals surface area contributed by atoms with Crippen LogP contribution in [0.4, 0.5) is 0 Å². The Morgan fingerprint density at radius 1 is 1.61 bits per heavy atom. The molecule has 1 fully saturated rings. The van der Waals surface area contributed by atoms with Gasteiger partial charge in [-0.2, -0.15) is 0 Å². The summed E-state index contributed by atoms with van der Waals surface area (Å²) in [6.45, 7) is 5.22. The maximum atomic E-state index is 10.6. The first kappa shape index (κ1) is 13.3. The maximum absolute atomic E-state index is 10.6. The Morgan fingerprint density at radius 2 is 2.44 bits per heavy atom. The van der Waals surface area contributed by atoms with Gasteiger partial charge in [0.25, 0.3) is 0 Å². The van der Waals surface area contributed by atoms with Crippen LogP contribution in [0.15, 0.2) is 5.16 Å². The Balaban J connectivity index is 2.03. The van der Waals surface area contributed by atoms with Crippen molar-refractivity contribution >= 4 is 17.7 Å². The first-order valence-electron chi connectivity index (χ1n) is 6.05. The number of likely N-dealkylation sites (tertiary alicyclic amines) is 1. The SMILES string of the molecule is CCN1CCCC(n2nnnc2SCC(=O)O)C1. The fourth-order valence-corrected chi connectivity index (χ4v) is 2.82. The molecule has 18 heavy (non-hydrogen) atoms. The Kier molecular flexibility index (Phi) is 4.54. The van der Waals surface area contributed by atoms with Crippen molar-refractivity contribution in [3.05, 3.63) is 0 Å². The Hall–Kier alpha value is -1.15. The molecule has 2 rings (SSSR count). The van der Waals surface area contributed by atoms with Crippen LogP contribution in [0.5, 0.6) is 0 Å². The van der Waals surface area contributed by atoms with E-state index in [4.69, 9.17) is 5.11 Å². The summed E-state index contributed by atoms with van der Waals surface area (Å²) < 4.78 is 1.77. The van der Waals surface area contributed by atoms with E-state index in [1.807, 2.05) is 0 Å². The molecule has 0 amide bonds. The van der Waals surface area contributed by atoms with Crippen LogP contribution in [-0.4, -0.2) is 61.6 Å². The number of rotatable bonds is 5. The number of carbonyl (C=O) groups is 1. The smallest absolute Gasteiger partial charge is 0.313 e. The molecule has 1 aromatic rings. The van der Waals surface area contributed by atoms with Gasteiger partial charge in [0, 0.05) is 6.54 Å². The van der Waals surface area contributed by atoms with Gasteiger partial charge in [0.2, 0.25) is 5.16 Å². The van der Waals surface area contributed by atoms with Crippen LogP contribution in [0.1, 0.15) is 25.8 Å². The molecule has 1 aromatic heterocycles. The van der Waals surface area contributed by atoms with E-state index < -0.39 is 5.97 Å². The fourth-order valence-electron chi connectivity index (χ4n) is 2.15. The fraction of sp³-hybridized carbons (Fsp3) is 0.800. The van der Waals surface area contributed by atoms with Gasteiger partial charge in [0.05, 0.1) is 11.8 Å². The lowest BCUT2D eigenvalue weighted by Gasteiger charge is -2.31. The summed E-state index contributed by atoms with van der Waals surface area (Å²) >= 11 is 1.17. The van der Waals surface area contributed by atoms with E-state index >= 15 is 0 Å². The third-order valence-electron chi connectivity index (χ3n) is 3.06. The van der Waals surface area contributed by atoms with Gasteiger partial charge >= 0.3 is 5.97 Å². The molecule has 1 unspecified atom stereocenters. The van der Waals surface area contributed by atoms with Crippen LogP contribution in [0.2, 0.25) is 0 Å². The van der Waals surface area contributed by atoms with Gasteiger partial charge in [-0.3, -0.25) is 4.79 Å².